The van der Waals surface area contributed by atoms with Crippen molar-refractivity contribution in [2.75, 3.05) is 25.9 Å². The van der Waals surface area contributed by atoms with E-state index in [9.17, 15) is 26.4 Å². The minimum Gasteiger partial charge on any atom is -0.287 e. The monoisotopic (exact) mass is 288 g/mol. The van der Waals surface area contributed by atoms with Crippen LogP contribution in [0.5, 0.6) is 0 Å². The number of amides is 1. The molecule has 1 aliphatic rings. The van der Waals surface area contributed by atoms with Crippen molar-refractivity contribution in [3.8, 4) is 0 Å². The lowest BCUT2D eigenvalue weighted by Crippen LogP contribution is -2.48. The fourth-order valence-corrected chi connectivity index (χ4v) is 3.25. The molecule has 0 aromatic carbocycles. The van der Waals surface area contributed by atoms with Crippen LogP contribution >= 0.6 is 0 Å². The molecule has 1 saturated heterocycles. The third-order valence-corrected chi connectivity index (χ3v) is 4.63. The smallest absolute Gasteiger partial charge is 0.287 e. The SMILES string of the molecule is CC(C(=O)N1CCCS1(=O)=O)N(C)CC(F)(F)F. The van der Waals surface area contributed by atoms with Crippen LogP contribution in [0.3, 0.4) is 0 Å². The molecule has 1 fully saturated rings. The summed E-state index contributed by atoms with van der Waals surface area (Å²) in [5.41, 5.74) is 0. The number of likely N-dealkylation sites (N-methyl/N-ethyl adjacent to an activating group) is 1. The molecule has 1 amide bonds. The summed E-state index contributed by atoms with van der Waals surface area (Å²) in [4.78, 5) is 12.6. The first-order chi connectivity index (χ1) is 8.04. The minimum atomic E-state index is -4.42. The molecule has 18 heavy (non-hydrogen) atoms. The summed E-state index contributed by atoms with van der Waals surface area (Å²) in [5.74, 6) is -0.937. The number of alkyl halides is 3. The predicted molar refractivity (Wildman–Crippen MR) is 58.3 cm³/mol. The molecule has 0 aliphatic carbocycles. The molecule has 1 unspecified atom stereocenters. The standard InChI is InChI=1S/C9H15F3N2O3S/c1-7(13(2)6-9(10,11)12)8(15)14-4-3-5-18(14,16)17/h7H,3-6H2,1-2H3. The topological polar surface area (TPSA) is 57.7 Å². The Morgan fingerprint density at radius 3 is 2.39 bits per heavy atom. The molecule has 0 aromatic heterocycles. The van der Waals surface area contributed by atoms with Crippen LogP contribution in [-0.2, 0) is 14.8 Å². The van der Waals surface area contributed by atoms with Crippen LogP contribution in [0.1, 0.15) is 13.3 Å². The molecule has 0 radical (unpaired) electrons. The third kappa shape index (κ3) is 3.58. The molecule has 1 atom stereocenters. The predicted octanol–water partition coefficient (Wildman–Crippen LogP) is 0.431. The average Bonchev–Trinajstić information content (AvgIpc) is 2.53. The Kier molecular flexibility index (Phi) is 4.26. The molecule has 9 heteroatoms. The van der Waals surface area contributed by atoms with Crippen LogP contribution in [-0.4, -0.2) is 61.6 Å². The van der Waals surface area contributed by atoms with E-state index in [4.69, 9.17) is 0 Å². The second-order valence-corrected chi connectivity index (χ2v) is 6.30. The Balaban J connectivity index is 2.73. The van der Waals surface area contributed by atoms with Gasteiger partial charge in [0, 0.05) is 6.54 Å². The van der Waals surface area contributed by atoms with E-state index in [1.165, 1.54) is 6.92 Å². The lowest BCUT2D eigenvalue weighted by atomic mass is 10.2. The molecule has 0 spiro atoms. The maximum Gasteiger partial charge on any atom is 0.401 e. The van der Waals surface area contributed by atoms with E-state index in [1.54, 1.807) is 0 Å². The summed E-state index contributed by atoms with van der Waals surface area (Å²) >= 11 is 0. The van der Waals surface area contributed by atoms with Crippen molar-refractivity contribution in [3.05, 3.63) is 0 Å². The summed E-state index contributed by atoms with van der Waals surface area (Å²) in [6.07, 6.45) is -4.10. The van der Waals surface area contributed by atoms with Crippen molar-refractivity contribution in [2.24, 2.45) is 0 Å². The average molecular weight is 288 g/mol. The number of rotatable bonds is 3. The molecule has 1 heterocycles. The highest BCUT2D eigenvalue weighted by Gasteiger charge is 2.38. The number of halogens is 3. The fourth-order valence-electron chi connectivity index (χ4n) is 1.70. The van der Waals surface area contributed by atoms with E-state index >= 15 is 0 Å². The third-order valence-electron chi connectivity index (χ3n) is 2.79. The maximum absolute atomic E-state index is 12.2. The first kappa shape index (κ1) is 15.2. The van der Waals surface area contributed by atoms with E-state index in [2.05, 4.69) is 0 Å². The van der Waals surface area contributed by atoms with Gasteiger partial charge in [0.2, 0.25) is 10.0 Å². The zero-order valence-electron chi connectivity index (χ0n) is 10.1. The minimum absolute atomic E-state index is 0.0470. The molecule has 0 aromatic rings. The van der Waals surface area contributed by atoms with Gasteiger partial charge in [-0.15, -0.1) is 0 Å². The molecular formula is C9H15F3N2O3S. The van der Waals surface area contributed by atoms with Crippen LogP contribution < -0.4 is 0 Å². The van der Waals surface area contributed by atoms with E-state index in [1.807, 2.05) is 0 Å². The molecule has 106 valence electrons. The largest absolute Gasteiger partial charge is 0.401 e. The zero-order valence-corrected chi connectivity index (χ0v) is 10.9. The van der Waals surface area contributed by atoms with Gasteiger partial charge in [0.15, 0.2) is 0 Å². The Bertz CT molecular complexity index is 421. The Labute approximate surface area is 104 Å². The highest BCUT2D eigenvalue weighted by atomic mass is 32.2. The number of hydrogen-bond acceptors (Lipinski definition) is 4. The van der Waals surface area contributed by atoms with Crippen LogP contribution in [0.2, 0.25) is 0 Å². The molecule has 1 aliphatic heterocycles. The maximum atomic E-state index is 12.2. The second-order valence-electron chi connectivity index (χ2n) is 4.29. The van der Waals surface area contributed by atoms with Crippen molar-refractivity contribution in [2.45, 2.75) is 25.6 Å². The van der Waals surface area contributed by atoms with Gasteiger partial charge in [-0.1, -0.05) is 0 Å². The van der Waals surface area contributed by atoms with E-state index < -0.39 is 34.7 Å². The first-order valence-electron chi connectivity index (χ1n) is 5.36. The molecule has 1 rings (SSSR count). The highest BCUT2D eigenvalue weighted by molar-refractivity contribution is 7.89. The van der Waals surface area contributed by atoms with Crippen LogP contribution in [0, 0.1) is 0 Å². The van der Waals surface area contributed by atoms with Gasteiger partial charge >= 0.3 is 6.18 Å². The quantitative estimate of drug-likeness (QED) is 0.756. The fraction of sp³-hybridized carbons (Fsp3) is 0.889. The number of hydrogen-bond donors (Lipinski definition) is 0. The van der Waals surface area contributed by atoms with Crippen molar-refractivity contribution in [1.82, 2.24) is 9.21 Å². The lowest BCUT2D eigenvalue weighted by Gasteiger charge is -2.27. The molecule has 0 saturated carbocycles. The Morgan fingerprint density at radius 2 is 2.00 bits per heavy atom. The summed E-state index contributed by atoms with van der Waals surface area (Å²) in [6.45, 7) is 0.0566. The number of carbonyl (C=O) groups is 1. The number of sulfonamides is 1. The van der Waals surface area contributed by atoms with Gasteiger partial charge in [0.25, 0.3) is 5.91 Å². The molecule has 0 bridgehead atoms. The van der Waals surface area contributed by atoms with Crippen LogP contribution in [0.25, 0.3) is 0 Å². The highest BCUT2D eigenvalue weighted by Crippen LogP contribution is 2.20. The first-order valence-corrected chi connectivity index (χ1v) is 6.97. The van der Waals surface area contributed by atoms with Crippen molar-refractivity contribution in [3.63, 3.8) is 0 Å². The van der Waals surface area contributed by atoms with Crippen molar-refractivity contribution >= 4 is 15.9 Å². The molecule has 5 nitrogen and oxygen atoms in total. The van der Waals surface area contributed by atoms with Gasteiger partial charge in [-0.3, -0.25) is 9.69 Å². The zero-order chi connectivity index (χ0) is 14.1. The molecular weight excluding hydrogens is 273 g/mol. The van der Waals surface area contributed by atoms with E-state index in [0.717, 1.165) is 11.9 Å². The number of carbonyl (C=O) groups excluding carboxylic acids is 1. The van der Waals surface area contributed by atoms with Crippen LogP contribution in [0.15, 0.2) is 0 Å². The molecule has 0 N–H and O–H groups in total. The normalized spacial score (nSPS) is 21.3. The van der Waals surface area contributed by atoms with Gasteiger partial charge in [-0.05, 0) is 20.4 Å². The summed E-state index contributed by atoms with van der Waals surface area (Å²) in [7, 11) is -2.50. The van der Waals surface area contributed by atoms with Gasteiger partial charge in [-0.2, -0.15) is 13.2 Å². The van der Waals surface area contributed by atoms with Gasteiger partial charge < -0.3 is 0 Å². The second kappa shape index (κ2) is 5.04. The summed E-state index contributed by atoms with van der Waals surface area (Å²) < 4.78 is 60.2. The summed E-state index contributed by atoms with van der Waals surface area (Å²) in [5, 5.41) is 0. The van der Waals surface area contributed by atoms with Crippen molar-refractivity contribution in [1.29, 1.82) is 0 Å². The van der Waals surface area contributed by atoms with Crippen molar-refractivity contribution < 1.29 is 26.4 Å². The number of nitrogens with zero attached hydrogens (tertiary/aromatic N) is 2. The Hall–Kier alpha value is -0.830. The van der Waals surface area contributed by atoms with E-state index in [-0.39, 0.29) is 12.3 Å². The van der Waals surface area contributed by atoms with Gasteiger partial charge in [-0.25, -0.2) is 12.7 Å². The van der Waals surface area contributed by atoms with Gasteiger partial charge in [0.1, 0.15) is 0 Å². The lowest BCUT2D eigenvalue weighted by molar-refractivity contribution is -0.152. The van der Waals surface area contributed by atoms with Crippen LogP contribution in [0.4, 0.5) is 13.2 Å². The van der Waals surface area contributed by atoms with Gasteiger partial charge in [0.05, 0.1) is 18.3 Å². The van der Waals surface area contributed by atoms with E-state index in [0.29, 0.717) is 10.7 Å². The summed E-state index contributed by atoms with van der Waals surface area (Å²) in [6, 6.07) is -1.13. The Morgan fingerprint density at radius 1 is 1.44 bits per heavy atom.